The first-order valence-electron chi connectivity index (χ1n) is 6.24. The number of ether oxygens (including phenoxy) is 1. The lowest BCUT2D eigenvalue weighted by molar-refractivity contribution is -0.137. The highest BCUT2D eigenvalue weighted by atomic mass is 16.5. The second-order valence-electron chi connectivity index (χ2n) is 4.32. The van der Waals surface area contributed by atoms with Crippen molar-refractivity contribution in [1.29, 1.82) is 0 Å². The van der Waals surface area contributed by atoms with Crippen molar-refractivity contribution in [2.75, 3.05) is 6.61 Å². The van der Waals surface area contributed by atoms with Crippen LogP contribution in [0.4, 0.5) is 0 Å². The van der Waals surface area contributed by atoms with Crippen LogP contribution in [-0.4, -0.2) is 29.6 Å². The molecule has 0 fully saturated rings. The van der Waals surface area contributed by atoms with Gasteiger partial charge in [-0.3, -0.25) is 9.59 Å². The number of nitrogens with one attached hydrogen (secondary N) is 1. The van der Waals surface area contributed by atoms with E-state index in [1.54, 1.807) is 6.92 Å². The molecule has 5 heteroatoms. The number of aliphatic carboxylic acids is 1. The Morgan fingerprint density at radius 3 is 2.47 bits per heavy atom. The lowest BCUT2D eigenvalue weighted by Crippen LogP contribution is -2.35. The lowest BCUT2D eigenvalue weighted by atomic mass is 10.1. The average Bonchev–Trinajstić information content (AvgIpc) is 2.30. The molecule has 0 aromatic heterocycles. The monoisotopic (exact) mass is 265 g/mol. The molecule has 0 aliphatic heterocycles. The fourth-order valence-corrected chi connectivity index (χ4v) is 1.69. The maximum Gasteiger partial charge on any atom is 0.305 e. The molecule has 1 aromatic carbocycles. The third-order valence-electron chi connectivity index (χ3n) is 2.49. The highest BCUT2D eigenvalue weighted by Crippen LogP contribution is 2.12. The van der Waals surface area contributed by atoms with E-state index in [1.807, 2.05) is 31.2 Å². The van der Waals surface area contributed by atoms with Gasteiger partial charge in [-0.05, 0) is 31.5 Å². The minimum absolute atomic E-state index is 0.0744. The summed E-state index contributed by atoms with van der Waals surface area (Å²) >= 11 is 0. The van der Waals surface area contributed by atoms with Gasteiger partial charge in [0, 0.05) is 6.04 Å². The zero-order valence-corrected chi connectivity index (χ0v) is 11.2. The smallest absolute Gasteiger partial charge is 0.305 e. The molecule has 0 heterocycles. The third kappa shape index (κ3) is 5.90. The quantitative estimate of drug-likeness (QED) is 0.785. The molecule has 0 bridgehead atoms. The van der Waals surface area contributed by atoms with Crippen LogP contribution >= 0.6 is 0 Å². The Kier molecular flexibility index (Phi) is 5.85. The Labute approximate surface area is 112 Å². The Bertz CT molecular complexity index is 428. The number of rotatable bonds is 7. The van der Waals surface area contributed by atoms with E-state index in [4.69, 9.17) is 9.84 Å². The lowest BCUT2D eigenvalue weighted by Gasteiger charge is -2.11. The van der Waals surface area contributed by atoms with Gasteiger partial charge in [-0.2, -0.15) is 0 Å². The minimum atomic E-state index is -0.922. The number of carbonyl (C=O) groups is 2. The molecule has 0 spiro atoms. The van der Waals surface area contributed by atoms with E-state index in [9.17, 15) is 9.59 Å². The van der Waals surface area contributed by atoms with E-state index in [2.05, 4.69) is 5.32 Å². The van der Waals surface area contributed by atoms with Crippen molar-refractivity contribution in [2.45, 2.75) is 32.7 Å². The maximum atomic E-state index is 11.7. The molecule has 0 saturated heterocycles. The molecule has 0 saturated carbocycles. The van der Waals surface area contributed by atoms with Crippen molar-refractivity contribution >= 4 is 11.9 Å². The molecule has 104 valence electrons. The largest absolute Gasteiger partial charge is 0.494 e. The van der Waals surface area contributed by atoms with E-state index < -0.39 is 5.97 Å². The average molecular weight is 265 g/mol. The van der Waals surface area contributed by atoms with Gasteiger partial charge >= 0.3 is 5.97 Å². The summed E-state index contributed by atoms with van der Waals surface area (Å²) in [5, 5.41) is 11.3. The zero-order chi connectivity index (χ0) is 14.3. The van der Waals surface area contributed by atoms with Crippen LogP contribution in [0, 0.1) is 0 Å². The van der Waals surface area contributed by atoms with Crippen molar-refractivity contribution in [2.24, 2.45) is 0 Å². The van der Waals surface area contributed by atoms with Crippen LogP contribution in [0.15, 0.2) is 24.3 Å². The van der Waals surface area contributed by atoms with Gasteiger partial charge in [0.05, 0.1) is 19.4 Å². The van der Waals surface area contributed by atoms with Crippen molar-refractivity contribution in [3.63, 3.8) is 0 Å². The summed E-state index contributed by atoms with van der Waals surface area (Å²) < 4.78 is 5.31. The van der Waals surface area contributed by atoms with Crippen LogP contribution in [0.3, 0.4) is 0 Å². The first-order chi connectivity index (χ1) is 9.01. The van der Waals surface area contributed by atoms with E-state index in [0.717, 1.165) is 11.3 Å². The second kappa shape index (κ2) is 7.41. The molecule has 1 amide bonds. The summed E-state index contributed by atoms with van der Waals surface area (Å²) in [4.78, 5) is 22.2. The highest BCUT2D eigenvalue weighted by Gasteiger charge is 2.11. The molecule has 1 atom stereocenters. The summed E-state index contributed by atoms with van der Waals surface area (Å²) in [5.41, 5.74) is 0.864. The van der Waals surface area contributed by atoms with E-state index >= 15 is 0 Å². The predicted molar refractivity (Wildman–Crippen MR) is 71.2 cm³/mol. The summed E-state index contributed by atoms with van der Waals surface area (Å²) in [6.07, 6.45) is 0.158. The molecule has 0 radical (unpaired) electrons. The van der Waals surface area contributed by atoms with Gasteiger partial charge in [-0.25, -0.2) is 0 Å². The maximum absolute atomic E-state index is 11.7. The number of benzene rings is 1. The van der Waals surface area contributed by atoms with E-state index in [-0.39, 0.29) is 24.8 Å². The van der Waals surface area contributed by atoms with Crippen molar-refractivity contribution < 1.29 is 19.4 Å². The molecular weight excluding hydrogens is 246 g/mol. The molecule has 5 nitrogen and oxygen atoms in total. The molecule has 19 heavy (non-hydrogen) atoms. The van der Waals surface area contributed by atoms with Crippen LogP contribution in [-0.2, 0) is 16.0 Å². The van der Waals surface area contributed by atoms with Gasteiger partial charge in [-0.1, -0.05) is 12.1 Å². The molecule has 0 aliphatic rings. The fraction of sp³-hybridized carbons (Fsp3) is 0.429. The van der Waals surface area contributed by atoms with Gasteiger partial charge in [0.15, 0.2) is 0 Å². The Hall–Kier alpha value is -2.04. The first kappa shape index (κ1) is 15.0. The number of carboxylic acid groups (broad SMARTS) is 1. The molecule has 1 rings (SSSR count). The third-order valence-corrected chi connectivity index (χ3v) is 2.49. The number of carboxylic acids is 1. The summed E-state index contributed by atoms with van der Waals surface area (Å²) in [6.45, 7) is 4.18. The standard InChI is InChI=1S/C14H19NO4/c1-3-19-12-6-4-11(5-7-12)9-13(16)15-10(2)8-14(17)18/h4-7,10H,3,8-9H2,1-2H3,(H,15,16)(H,17,18). The Morgan fingerprint density at radius 2 is 1.95 bits per heavy atom. The molecule has 0 aliphatic carbocycles. The minimum Gasteiger partial charge on any atom is -0.494 e. The Morgan fingerprint density at radius 1 is 1.32 bits per heavy atom. The summed E-state index contributed by atoms with van der Waals surface area (Å²) in [7, 11) is 0. The van der Waals surface area contributed by atoms with Crippen molar-refractivity contribution in [1.82, 2.24) is 5.32 Å². The first-order valence-corrected chi connectivity index (χ1v) is 6.24. The van der Waals surface area contributed by atoms with Gasteiger partial charge in [-0.15, -0.1) is 0 Å². The normalized spacial score (nSPS) is 11.7. The fourth-order valence-electron chi connectivity index (χ4n) is 1.69. The second-order valence-corrected chi connectivity index (χ2v) is 4.32. The SMILES string of the molecule is CCOc1ccc(CC(=O)NC(C)CC(=O)O)cc1. The van der Waals surface area contributed by atoms with Crippen LogP contribution in [0.5, 0.6) is 5.75 Å². The number of carbonyl (C=O) groups excluding carboxylic acids is 1. The Balaban J connectivity index is 2.45. The van der Waals surface area contributed by atoms with E-state index in [1.165, 1.54) is 0 Å². The summed E-state index contributed by atoms with van der Waals surface area (Å²) in [5.74, 6) is -0.335. The number of hydrogen-bond donors (Lipinski definition) is 2. The molecule has 1 aromatic rings. The zero-order valence-electron chi connectivity index (χ0n) is 11.2. The number of hydrogen-bond acceptors (Lipinski definition) is 3. The predicted octanol–water partition coefficient (Wildman–Crippen LogP) is 1.61. The van der Waals surface area contributed by atoms with Gasteiger partial charge in [0.2, 0.25) is 5.91 Å². The molecular formula is C14H19NO4. The van der Waals surface area contributed by atoms with Crippen LogP contribution in [0.2, 0.25) is 0 Å². The van der Waals surface area contributed by atoms with Gasteiger partial charge in [0.25, 0.3) is 0 Å². The van der Waals surface area contributed by atoms with Crippen LogP contribution in [0.1, 0.15) is 25.8 Å². The number of amides is 1. The van der Waals surface area contributed by atoms with Crippen molar-refractivity contribution in [3.8, 4) is 5.75 Å². The van der Waals surface area contributed by atoms with Crippen LogP contribution < -0.4 is 10.1 Å². The topological polar surface area (TPSA) is 75.6 Å². The summed E-state index contributed by atoms with van der Waals surface area (Å²) in [6, 6.07) is 6.91. The van der Waals surface area contributed by atoms with E-state index in [0.29, 0.717) is 6.61 Å². The molecule has 2 N–H and O–H groups in total. The molecule has 1 unspecified atom stereocenters. The van der Waals surface area contributed by atoms with Crippen molar-refractivity contribution in [3.05, 3.63) is 29.8 Å². The highest BCUT2D eigenvalue weighted by molar-refractivity contribution is 5.79. The van der Waals surface area contributed by atoms with Gasteiger partial charge < -0.3 is 15.2 Å². The van der Waals surface area contributed by atoms with Gasteiger partial charge in [0.1, 0.15) is 5.75 Å². The van der Waals surface area contributed by atoms with Crippen LogP contribution in [0.25, 0.3) is 0 Å².